The molecule has 2 N–H and O–H groups in total. The predicted octanol–water partition coefficient (Wildman–Crippen LogP) is 1.24. The van der Waals surface area contributed by atoms with E-state index in [9.17, 15) is 0 Å². The van der Waals surface area contributed by atoms with Crippen LogP contribution in [0.5, 0.6) is 0 Å². The SMILES string of the molecule is CCc1nc2ccc(CN)nc2o1. The van der Waals surface area contributed by atoms with Gasteiger partial charge in [-0.3, -0.25) is 0 Å². The van der Waals surface area contributed by atoms with Crippen LogP contribution in [0.25, 0.3) is 11.2 Å². The lowest BCUT2D eigenvalue weighted by atomic mass is 10.3. The van der Waals surface area contributed by atoms with Gasteiger partial charge in [-0.05, 0) is 12.1 Å². The largest absolute Gasteiger partial charge is 0.422 e. The van der Waals surface area contributed by atoms with Crippen molar-refractivity contribution in [2.45, 2.75) is 19.9 Å². The molecule has 0 saturated heterocycles. The van der Waals surface area contributed by atoms with E-state index in [-0.39, 0.29) is 0 Å². The van der Waals surface area contributed by atoms with Crippen LogP contribution in [0.4, 0.5) is 0 Å². The zero-order chi connectivity index (χ0) is 9.26. The molecule has 0 amide bonds. The van der Waals surface area contributed by atoms with Gasteiger partial charge in [-0.15, -0.1) is 0 Å². The number of nitrogens with two attached hydrogens (primary N) is 1. The average Bonchev–Trinajstić information content (AvgIpc) is 2.58. The van der Waals surface area contributed by atoms with Crippen molar-refractivity contribution in [3.8, 4) is 0 Å². The summed E-state index contributed by atoms with van der Waals surface area (Å²) in [4.78, 5) is 8.44. The lowest BCUT2D eigenvalue weighted by molar-refractivity contribution is 0.528. The molecule has 68 valence electrons. The van der Waals surface area contributed by atoms with E-state index in [2.05, 4.69) is 9.97 Å². The summed E-state index contributed by atoms with van der Waals surface area (Å²) in [6.45, 7) is 2.42. The second-order valence-electron chi connectivity index (χ2n) is 2.79. The lowest BCUT2D eigenvalue weighted by Crippen LogP contribution is -1.98. The molecule has 0 unspecified atom stereocenters. The van der Waals surface area contributed by atoms with Crippen molar-refractivity contribution in [1.82, 2.24) is 9.97 Å². The van der Waals surface area contributed by atoms with Crippen molar-refractivity contribution in [3.63, 3.8) is 0 Å². The monoisotopic (exact) mass is 177 g/mol. The maximum absolute atomic E-state index is 5.46. The minimum absolute atomic E-state index is 0.429. The molecule has 4 nitrogen and oxygen atoms in total. The van der Waals surface area contributed by atoms with Gasteiger partial charge in [-0.1, -0.05) is 6.92 Å². The van der Waals surface area contributed by atoms with Gasteiger partial charge in [0.2, 0.25) is 5.71 Å². The van der Waals surface area contributed by atoms with Gasteiger partial charge in [0.05, 0.1) is 5.69 Å². The van der Waals surface area contributed by atoms with Crippen LogP contribution < -0.4 is 5.73 Å². The molecular weight excluding hydrogens is 166 g/mol. The Morgan fingerprint density at radius 1 is 1.38 bits per heavy atom. The highest BCUT2D eigenvalue weighted by molar-refractivity contribution is 5.67. The topological polar surface area (TPSA) is 64.9 Å². The van der Waals surface area contributed by atoms with Crippen molar-refractivity contribution < 1.29 is 4.42 Å². The number of nitrogens with zero attached hydrogens (tertiary/aromatic N) is 2. The molecule has 4 heteroatoms. The Kier molecular flexibility index (Phi) is 1.98. The fourth-order valence-corrected chi connectivity index (χ4v) is 1.17. The second-order valence-corrected chi connectivity index (χ2v) is 2.79. The number of hydrogen-bond donors (Lipinski definition) is 1. The molecule has 0 aliphatic rings. The van der Waals surface area contributed by atoms with Crippen LogP contribution in [0.15, 0.2) is 16.5 Å². The third kappa shape index (κ3) is 1.40. The van der Waals surface area contributed by atoms with E-state index in [1.54, 1.807) is 0 Å². The molecule has 2 aromatic rings. The molecule has 0 saturated carbocycles. The van der Waals surface area contributed by atoms with Gasteiger partial charge in [0, 0.05) is 13.0 Å². The number of oxazole rings is 1. The minimum atomic E-state index is 0.429. The zero-order valence-electron chi connectivity index (χ0n) is 7.45. The van der Waals surface area contributed by atoms with E-state index in [0.717, 1.165) is 23.5 Å². The van der Waals surface area contributed by atoms with Crippen molar-refractivity contribution in [2.75, 3.05) is 0 Å². The quantitative estimate of drug-likeness (QED) is 0.749. The maximum atomic E-state index is 5.46. The van der Waals surface area contributed by atoms with Crippen molar-refractivity contribution in [3.05, 3.63) is 23.7 Å². The van der Waals surface area contributed by atoms with Crippen LogP contribution in [-0.2, 0) is 13.0 Å². The van der Waals surface area contributed by atoms with E-state index in [1.165, 1.54) is 0 Å². The van der Waals surface area contributed by atoms with E-state index < -0.39 is 0 Å². The number of aromatic nitrogens is 2. The molecule has 0 aliphatic heterocycles. The van der Waals surface area contributed by atoms with Gasteiger partial charge in [-0.2, -0.15) is 0 Å². The zero-order valence-corrected chi connectivity index (χ0v) is 7.45. The summed E-state index contributed by atoms with van der Waals surface area (Å²) in [7, 11) is 0. The van der Waals surface area contributed by atoms with Crippen LogP contribution in [-0.4, -0.2) is 9.97 Å². The summed E-state index contributed by atoms with van der Waals surface area (Å²) >= 11 is 0. The van der Waals surface area contributed by atoms with E-state index >= 15 is 0 Å². The van der Waals surface area contributed by atoms with Crippen molar-refractivity contribution in [2.24, 2.45) is 5.73 Å². The number of fused-ring (bicyclic) bond motifs is 1. The molecule has 2 aromatic heterocycles. The van der Waals surface area contributed by atoms with E-state index in [0.29, 0.717) is 12.3 Å². The number of pyridine rings is 1. The lowest BCUT2D eigenvalue weighted by Gasteiger charge is -1.91. The Morgan fingerprint density at radius 2 is 2.23 bits per heavy atom. The standard InChI is InChI=1S/C9H11N3O/c1-2-8-12-7-4-3-6(5-10)11-9(7)13-8/h3-4H,2,5,10H2,1H3. The molecule has 0 radical (unpaired) electrons. The van der Waals surface area contributed by atoms with Gasteiger partial charge in [0.15, 0.2) is 5.89 Å². The van der Waals surface area contributed by atoms with Crippen LogP contribution in [0.2, 0.25) is 0 Å². The Balaban J connectivity index is 2.57. The fraction of sp³-hybridized carbons (Fsp3) is 0.333. The average molecular weight is 177 g/mol. The highest BCUT2D eigenvalue weighted by atomic mass is 16.4. The summed E-state index contributed by atoms with van der Waals surface area (Å²) < 4.78 is 5.38. The molecule has 2 rings (SSSR count). The Morgan fingerprint density at radius 3 is 2.92 bits per heavy atom. The molecule has 0 aromatic carbocycles. The summed E-state index contributed by atoms with van der Waals surface area (Å²) in [5, 5.41) is 0. The van der Waals surface area contributed by atoms with E-state index in [1.807, 2.05) is 19.1 Å². The third-order valence-corrected chi connectivity index (χ3v) is 1.87. The molecule has 13 heavy (non-hydrogen) atoms. The first-order valence-corrected chi connectivity index (χ1v) is 4.29. The second kappa shape index (κ2) is 3.14. The molecule has 0 bridgehead atoms. The first-order chi connectivity index (χ1) is 6.33. The van der Waals surface area contributed by atoms with Gasteiger partial charge in [0.1, 0.15) is 5.52 Å². The Bertz CT molecular complexity index is 420. The number of aryl methyl sites for hydroxylation is 1. The van der Waals surface area contributed by atoms with Gasteiger partial charge >= 0.3 is 0 Å². The van der Waals surface area contributed by atoms with Gasteiger partial charge in [0.25, 0.3) is 0 Å². The normalized spacial score (nSPS) is 10.9. The van der Waals surface area contributed by atoms with Crippen molar-refractivity contribution >= 4 is 11.2 Å². The maximum Gasteiger partial charge on any atom is 0.247 e. The fourth-order valence-electron chi connectivity index (χ4n) is 1.17. The summed E-state index contributed by atoms with van der Waals surface area (Å²) in [5.41, 5.74) is 7.66. The third-order valence-electron chi connectivity index (χ3n) is 1.87. The van der Waals surface area contributed by atoms with Crippen molar-refractivity contribution in [1.29, 1.82) is 0 Å². The minimum Gasteiger partial charge on any atom is -0.422 e. The Labute approximate surface area is 75.8 Å². The molecule has 0 spiro atoms. The summed E-state index contributed by atoms with van der Waals surface area (Å²) in [5.74, 6) is 0.719. The van der Waals surface area contributed by atoms with Crippen LogP contribution in [0, 0.1) is 0 Å². The summed E-state index contributed by atoms with van der Waals surface area (Å²) in [6.07, 6.45) is 0.786. The predicted molar refractivity (Wildman–Crippen MR) is 49.1 cm³/mol. The molecular formula is C9H11N3O. The van der Waals surface area contributed by atoms with Crippen LogP contribution in [0.1, 0.15) is 18.5 Å². The highest BCUT2D eigenvalue weighted by Crippen LogP contribution is 2.13. The first kappa shape index (κ1) is 8.19. The molecule has 0 fully saturated rings. The van der Waals surface area contributed by atoms with Crippen LogP contribution >= 0.6 is 0 Å². The van der Waals surface area contributed by atoms with Gasteiger partial charge in [-0.25, -0.2) is 9.97 Å². The number of rotatable bonds is 2. The smallest absolute Gasteiger partial charge is 0.247 e. The van der Waals surface area contributed by atoms with Gasteiger partial charge < -0.3 is 10.2 Å². The molecule has 2 heterocycles. The molecule has 0 aliphatic carbocycles. The van der Waals surface area contributed by atoms with Crippen LogP contribution in [0.3, 0.4) is 0 Å². The summed E-state index contributed by atoms with van der Waals surface area (Å²) in [6, 6.07) is 3.75. The first-order valence-electron chi connectivity index (χ1n) is 4.29. The molecule has 0 atom stereocenters. The Hall–Kier alpha value is -1.42. The van der Waals surface area contributed by atoms with E-state index in [4.69, 9.17) is 10.2 Å². The highest BCUT2D eigenvalue weighted by Gasteiger charge is 2.04. The number of hydrogen-bond acceptors (Lipinski definition) is 4.